The van der Waals surface area contributed by atoms with Crippen molar-refractivity contribution in [2.75, 3.05) is 60.6 Å². The Labute approximate surface area is 263 Å². The monoisotopic (exact) mass is 612 g/mol. The standard InChI is InChI=1S/C33H40N8O4/c1-4-33(42)38-26-14-27(30(43-3)15-29(26)39-10-7-23(8-11-39)40-18-25-13-24(40)19-44-25)37-31-16-32(36-20-35-31)41-28(9-12-45-41)22-6-5-21(2)34-17-22/h4-6,14-17,20,23-25,28H,1,7-13,18-19H2,2-3H3,(H,38,42)(H,35,36,37)/t24-,25-,28+/m0/s1. The summed E-state index contributed by atoms with van der Waals surface area (Å²) >= 11 is 0. The highest BCUT2D eigenvalue weighted by Crippen LogP contribution is 2.41. The third kappa shape index (κ3) is 6.05. The number of anilines is 5. The Morgan fingerprint density at radius 3 is 2.67 bits per heavy atom. The number of aryl methyl sites for hydroxylation is 1. The molecule has 3 atom stereocenters. The van der Waals surface area contributed by atoms with E-state index in [-0.39, 0.29) is 11.9 Å². The topological polar surface area (TPSA) is 117 Å². The molecule has 3 aromatic rings. The van der Waals surface area contributed by atoms with Crippen LogP contribution in [0.5, 0.6) is 5.75 Å². The summed E-state index contributed by atoms with van der Waals surface area (Å²) in [6.07, 6.45) is 9.18. The SMILES string of the molecule is C=CC(=O)Nc1cc(Nc2cc(N3OCC[C@@H]3c3ccc(C)nc3)ncn2)c(OC)cc1N1CCC(N2C[C@@H]3C[C@H]2CO3)CC1. The van der Waals surface area contributed by atoms with Crippen molar-refractivity contribution in [2.24, 2.45) is 0 Å². The third-order valence-corrected chi connectivity index (χ3v) is 9.34. The van der Waals surface area contributed by atoms with E-state index in [9.17, 15) is 4.79 Å². The number of amides is 1. The molecular weight excluding hydrogens is 572 g/mol. The van der Waals surface area contributed by atoms with Crippen molar-refractivity contribution in [1.29, 1.82) is 0 Å². The maximum Gasteiger partial charge on any atom is 0.247 e. The van der Waals surface area contributed by atoms with E-state index < -0.39 is 0 Å². The van der Waals surface area contributed by atoms with Gasteiger partial charge in [-0.1, -0.05) is 12.6 Å². The number of fused-ring (bicyclic) bond motifs is 2. The van der Waals surface area contributed by atoms with Crippen LogP contribution in [0.25, 0.3) is 0 Å². The predicted molar refractivity (Wildman–Crippen MR) is 172 cm³/mol. The van der Waals surface area contributed by atoms with Gasteiger partial charge in [0.05, 0.1) is 49.5 Å². The average molecular weight is 613 g/mol. The van der Waals surface area contributed by atoms with Crippen LogP contribution >= 0.6 is 0 Å². The lowest BCUT2D eigenvalue weighted by molar-refractivity contribution is -0.111. The number of carbonyl (C=O) groups is 1. The van der Waals surface area contributed by atoms with Crippen LogP contribution < -0.4 is 25.3 Å². The number of aromatic nitrogens is 3. The zero-order valence-electron chi connectivity index (χ0n) is 25.8. The van der Waals surface area contributed by atoms with Gasteiger partial charge in [-0.15, -0.1) is 0 Å². The molecule has 1 aromatic carbocycles. The maximum absolute atomic E-state index is 12.5. The average Bonchev–Trinajstić information content (AvgIpc) is 3.84. The summed E-state index contributed by atoms with van der Waals surface area (Å²) in [6.45, 7) is 9.88. The smallest absolute Gasteiger partial charge is 0.247 e. The first-order valence-corrected chi connectivity index (χ1v) is 15.7. The minimum atomic E-state index is -0.275. The summed E-state index contributed by atoms with van der Waals surface area (Å²) in [7, 11) is 1.65. The molecule has 0 aliphatic carbocycles. The van der Waals surface area contributed by atoms with Gasteiger partial charge in [0.25, 0.3) is 0 Å². The summed E-state index contributed by atoms with van der Waals surface area (Å²) in [5.41, 5.74) is 4.29. The summed E-state index contributed by atoms with van der Waals surface area (Å²) in [4.78, 5) is 37.0. The molecule has 4 aliphatic rings. The summed E-state index contributed by atoms with van der Waals surface area (Å²) in [5, 5.41) is 8.22. The fraction of sp³-hybridized carbons (Fsp3) is 0.455. The predicted octanol–water partition coefficient (Wildman–Crippen LogP) is 4.38. The molecule has 236 valence electrons. The van der Waals surface area contributed by atoms with E-state index in [0.717, 1.165) is 68.9 Å². The van der Waals surface area contributed by atoms with Crippen molar-refractivity contribution < 1.29 is 19.1 Å². The number of nitrogens with one attached hydrogen (secondary N) is 2. The quantitative estimate of drug-likeness (QED) is 0.335. The van der Waals surface area contributed by atoms with Gasteiger partial charge in [0.15, 0.2) is 5.82 Å². The first kappa shape index (κ1) is 29.5. The lowest BCUT2D eigenvalue weighted by atomic mass is 10.0. The molecule has 0 saturated carbocycles. The Balaban J connectivity index is 1.11. The van der Waals surface area contributed by atoms with E-state index in [1.807, 2.05) is 42.4 Å². The molecule has 2 bridgehead atoms. The molecule has 0 spiro atoms. The number of morpholine rings is 1. The van der Waals surface area contributed by atoms with Gasteiger partial charge in [0, 0.05) is 62.2 Å². The van der Waals surface area contributed by atoms with Crippen LogP contribution in [-0.4, -0.2) is 83.9 Å². The second-order valence-corrected chi connectivity index (χ2v) is 12.1. The van der Waals surface area contributed by atoms with Crippen molar-refractivity contribution >= 4 is 34.6 Å². The number of hydrogen-bond donors (Lipinski definition) is 2. The highest BCUT2D eigenvalue weighted by atomic mass is 16.7. The van der Waals surface area contributed by atoms with Gasteiger partial charge in [-0.25, -0.2) is 15.0 Å². The van der Waals surface area contributed by atoms with Crippen LogP contribution in [0, 0.1) is 6.92 Å². The Morgan fingerprint density at radius 1 is 1.09 bits per heavy atom. The van der Waals surface area contributed by atoms with Crippen molar-refractivity contribution in [3.63, 3.8) is 0 Å². The number of pyridine rings is 1. The minimum Gasteiger partial charge on any atom is -0.494 e. The van der Waals surface area contributed by atoms with Crippen molar-refractivity contribution in [2.45, 2.75) is 56.8 Å². The van der Waals surface area contributed by atoms with E-state index in [1.165, 1.54) is 12.4 Å². The van der Waals surface area contributed by atoms with Gasteiger partial charge in [0.1, 0.15) is 17.9 Å². The van der Waals surface area contributed by atoms with Gasteiger partial charge in [-0.3, -0.25) is 19.5 Å². The number of ether oxygens (including phenoxy) is 2. The number of rotatable bonds is 9. The fourth-order valence-electron chi connectivity index (χ4n) is 7.04. The van der Waals surface area contributed by atoms with Gasteiger partial charge >= 0.3 is 0 Å². The van der Waals surface area contributed by atoms with E-state index in [0.29, 0.717) is 53.6 Å². The second-order valence-electron chi connectivity index (χ2n) is 12.1. The van der Waals surface area contributed by atoms with Gasteiger partial charge in [0.2, 0.25) is 5.91 Å². The normalized spacial score (nSPS) is 23.4. The number of likely N-dealkylation sites (tertiary alicyclic amines) is 1. The molecule has 2 N–H and O–H groups in total. The molecular formula is C33H40N8O4. The summed E-state index contributed by atoms with van der Waals surface area (Å²) < 4.78 is 11.7. The molecule has 2 aromatic heterocycles. The molecule has 4 saturated heterocycles. The summed E-state index contributed by atoms with van der Waals surface area (Å²) in [5.74, 6) is 1.56. The fourth-order valence-corrected chi connectivity index (χ4v) is 7.04. The highest BCUT2D eigenvalue weighted by Gasteiger charge is 2.42. The molecule has 1 amide bonds. The van der Waals surface area contributed by atoms with Crippen molar-refractivity contribution in [1.82, 2.24) is 19.9 Å². The maximum atomic E-state index is 12.5. The minimum absolute atomic E-state index is 0.00604. The number of nitrogens with zero attached hydrogens (tertiary/aromatic N) is 6. The van der Waals surface area contributed by atoms with Crippen molar-refractivity contribution in [3.05, 3.63) is 66.8 Å². The zero-order chi connectivity index (χ0) is 30.9. The second kappa shape index (κ2) is 12.6. The number of hydroxylamine groups is 1. The highest BCUT2D eigenvalue weighted by molar-refractivity contribution is 6.02. The zero-order valence-corrected chi connectivity index (χ0v) is 25.8. The molecule has 4 fully saturated rings. The van der Waals surface area contributed by atoms with Gasteiger partial charge in [-0.05, 0) is 50.0 Å². The Hall–Kier alpha value is -4.26. The van der Waals surface area contributed by atoms with Crippen molar-refractivity contribution in [3.8, 4) is 5.75 Å². The van der Waals surface area contributed by atoms with Crippen LogP contribution in [0.15, 0.2) is 55.5 Å². The molecule has 7 rings (SSSR count). The molecule has 4 aliphatic heterocycles. The lowest BCUT2D eigenvalue weighted by Crippen LogP contribution is -2.49. The van der Waals surface area contributed by atoms with E-state index in [1.54, 1.807) is 7.11 Å². The molecule has 12 nitrogen and oxygen atoms in total. The first-order chi connectivity index (χ1) is 22.0. The van der Waals surface area contributed by atoms with Crippen LogP contribution in [0.3, 0.4) is 0 Å². The molecule has 0 radical (unpaired) electrons. The Bertz CT molecular complexity index is 1540. The van der Waals surface area contributed by atoms with Crippen LogP contribution in [0.4, 0.5) is 28.7 Å². The number of benzene rings is 1. The first-order valence-electron chi connectivity index (χ1n) is 15.7. The lowest BCUT2D eigenvalue weighted by Gasteiger charge is -2.41. The number of carbonyl (C=O) groups excluding carboxylic acids is 1. The Kier molecular flexibility index (Phi) is 8.26. The third-order valence-electron chi connectivity index (χ3n) is 9.34. The van der Waals surface area contributed by atoms with Crippen LogP contribution in [-0.2, 0) is 14.4 Å². The molecule has 12 heteroatoms. The number of piperidine rings is 1. The largest absolute Gasteiger partial charge is 0.494 e. The number of hydrogen-bond acceptors (Lipinski definition) is 11. The summed E-state index contributed by atoms with van der Waals surface area (Å²) in [6, 6.07) is 10.9. The molecule has 45 heavy (non-hydrogen) atoms. The van der Waals surface area contributed by atoms with Crippen LogP contribution in [0.2, 0.25) is 0 Å². The Morgan fingerprint density at radius 2 is 1.96 bits per heavy atom. The molecule has 0 unspecified atom stereocenters. The van der Waals surface area contributed by atoms with Gasteiger partial charge < -0.3 is 25.0 Å². The van der Waals surface area contributed by atoms with E-state index >= 15 is 0 Å². The van der Waals surface area contributed by atoms with Gasteiger partial charge in [-0.2, -0.15) is 0 Å². The van der Waals surface area contributed by atoms with E-state index in [4.69, 9.17) is 14.3 Å². The van der Waals surface area contributed by atoms with Crippen LogP contribution in [0.1, 0.15) is 43.0 Å². The molecule has 6 heterocycles. The van der Waals surface area contributed by atoms with E-state index in [2.05, 4.69) is 48.0 Å². The number of methoxy groups -OCH3 is 1.